The predicted molar refractivity (Wildman–Crippen MR) is 86.2 cm³/mol. The lowest BCUT2D eigenvalue weighted by Crippen LogP contribution is -2.41. The van der Waals surface area contributed by atoms with Crippen LogP contribution in [0.5, 0.6) is 11.5 Å². The van der Waals surface area contributed by atoms with Crippen LogP contribution in [-0.2, 0) is 4.79 Å². The number of methoxy groups -OCH3 is 1. The molecule has 0 aromatic heterocycles. The van der Waals surface area contributed by atoms with Gasteiger partial charge in [-0.25, -0.2) is 0 Å². The van der Waals surface area contributed by atoms with E-state index in [1.54, 1.807) is 31.2 Å². The summed E-state index contributed by atoms with van der Waals surface area (Å²) in [5.74, 6) is 1.24. The molecule has 0 radical (unpaired) electrons. The fourth-order valence-corrected chi connectivity index (χ4v) is 1.74. The number of likely N-dealkylation sites (N-methyl/N-ethyl adjacent to an activating group) is 1. The first-order chi connectivity index (χ1) is 9.38. The zero-order valence-electron chi connectivity index (χ0n) is 13.1. The van der Waals surface area contributed by atoms with Gasteiger partial charge in [-0.2, -0.15) is 0 Å². The van der Waals surface area contributed by atoms with E-state index in [1.165, 1.54) is 0 Å². The van der Waals surface area contributed by atoms with Gasteiger partial charge in [0.25, 0.3) is 5.91 Å². The Morgan fingerprint density at radius 2 is 1.95 bits per heavy atom. The minimum absolute atomic E-state index is 0. The first kappa shape index (κ1) is 19.5. The molecule has 0 aliphatic heterocycles. The van der Waals surface area contributed by atoms with Crippen LogP contribution in [0.4, 0.5) is 0 Å². The second kappa shape index (κ2) is 8.74. The third kappa shape index (κ3) is 6.69. The van der Waals surface area contributed by atoms with Gasteiger partial charge in [0, 0.05) is 19.7 Å². The van der Waals surface area contributed by atoms with Crippen molar-refractivity contribution in [1.82, 2.24) is 4.90 Å². The Hall–Kier alpha value is -1.46. The lowest BCUT2D eigenvalue weighted by Gasteiger charge is -2.29. The molecule has 1 aromatic rings. The highest BCUT2D eigenvalue weighted by Crippen LogP contribution is 2.19. The summed E-state index contributed by atoms with van der Waals surface area (Å²) < 4.78 is 10.6. The highest BCUT2D eigenvalue weighted by molar-refractivity contribution is 5.85. The van der Waals surface area contributed by atoms with Crippen molar-refractivity contribution in [2.24, 2.45) is 11.1 Å². The molecule has 0 heterocycles. The van der Waals surface area contributed by atoms with Gasteiger partial charge in [0.05, 0.1) is 7.11 Å². The van der Waals surface area contributed by atoms with Gasteiger partial charge < -0.3 is 20.1 Å². The topological polar surface area (TPSA) is 64.8 Å². The molecule has 0 saturated heterocycles. The second-order valence-electron chi connectivity index (χ2n) is 5.59. The summed E-state index contributed by atoms with van der Waals surface area (Å²) in [4.78, 5) is 13.6. The molecule has 0 saturated carbocycles. The molecule has 21 heavy (non-hydrogen) atoms. The first-order valence-corrected chi connectivity index (χ1v) is 6.59. The Kier molecular flexibility index (Phi) is 8.14. The van der Waals surface area contributed by atoms with Crippen molar-refractivity contribution in [2.45, 2.75) is 13.8 Å². The van der Waals surface area contributed by atoms with E-state index >= 15 is 0 Å². The molecule has 120 valence electrons. The van der Waals surface area contributed by atoms with E-state index < -0.39 is 0 Å². The summed E-state index contributed by atoms with van der Waals surface area (Å²) >= 11 is 0. The van der Waals surface area contributed by atoms with Crippen LogP contribution >= 0.6 is 12.4 Å². The standard InChI is InChI=1S/C15H24N2O3.ClH/c1-15(2,10-16)11-17(3)14(18)9-20-13-7-5-6-12(8-13)19-4;/h5-8H,9-11,16H2,1-4H3;1H. The van der Waals surface area contributed by atoms with Crippen molar-refractivity contribution >= 4 is 18.3 Å². The first-order valence-electron chi connectivity index (χ1n) is 6.59. The number of carbonyl (C=O) groups excluding carboxylic acids is 1. The molecule has 0 spiro atoms. The van der Waals surface area contributed by atoms with Crippen LogP contribution < -0.4 is 15.2 Å². The maximum atomic E-state index is 12.0. The predicted octanol–water partition coefficient (Wildman–Crippen LogP) is 1.94. The van der Waals surface area contributed by atoms with Crippen molar-refractivity contribution in [1.29, 1.82) is 0 Å². The monoisotopic (exact) mass is 316 g/mol. The molecule has 0 aliphatic carbocycles. The van der Waals surface area contributed by atoms with Crippen LogP contribution in [0, 0.1) is 5.41 Å². The molecule has 1 amide bonds. The summed E-state index contributed by atoms with van der Waals surface area (Å²) in [6, 6.07) is 7.18. The molecule has 0 atom stereocenters. The number of nitrogens with two attached hydrogens (primary N) is 1. The molecule has 0 aliphatic rings. The number of halogens is 1. The van der Waals surface area contributed by atoms with Crippen molar-refractivity contribution in [2.75, 3.05) is 33.9 Å². The molecule has 0 bridgehead atoms. The Labute approximate surface area is 132 Å². The van der Waals surface area contributed by atoms with E-state index in [0.717, 1.165) is 0 Å². The Bertz CT molecular complexity index is 452. The van der Waals surface area contributed by atoms with E-state index in [4.69, 9.17) is 15.2 Å². The number of nitrogens with zero attached hydrogens (tertiary/aromatic N) is 1. The summed E-state index contributed by atoms with van der Waals surface area (Å²) in [6.07, 6.45) is 0. The van der Waals surface area contributed by atoms with Gasteiger partial charge in [0.2, 0.25) is 0 Å². The van der Waals surface area contributed by atoms with Gasteiger partial charge in [0.1, 0.15) is 11.5 Å². The molecule has 0 fully saturated rings. The quantitative estimate of drug-likeness (QED) is 0.835. The van der Waals surface area contributed by atoms with E-state index in [-0.39, 0.29) is 30.3 Å². The van der Waals surface area contributed by atoms with Crippen molar-refractivity contribution in [3.63, 3.8) is 0 Å². The number of amides is 1. The van der Waals surface area contributed by atoms with Crippen LogP contribution in [0.2, 0.25) is 0 Å². The van der Waals surface area contributed by atoms with Crippen LogP contribution in [0.25, 0.3) is 0 Å². The summed E-state index contributed by atoms with van der Waals surface area (Å²) in [5.41, 5.74) is 5.57. The largest absolute Gasteiger partial charge is 0.497 e. The highest BCUT2D eigenvalue weighted by atomic mass is 35.5. The highest BCUT2D eigenvalue weighted by Gasteiger charge is 2.21. The average molecular weight is 317 g/mol. The zero-order valence-corrected chi connectivity index (χ0v) is 13.9. The Morgan fingerprint density at radius 1 is 1.33 bits per heavy atom. The van der Waals surface area contributed by atoms with Gasteiger partial charge in [-0.15, -0.1) is 12.4 Å². The maximum Gasteiger partial charge on any atom is 0.260 e. The summed E-state index contributed by atoms with van der Waals surface area (Å²) in [5, 5.41) is 0. The molecule has 1 rings (SSSR count). The number of rotatable bonds is 7. The third-order valence-electron chi connectivity index (χ3n) is 3.05. The lowest BCUT2D eigenvalue weighted by atomic mass is 9.93. The minimum Gasteiger partial charge on any atom is -0.497 e. The van der Waals surface area contributed by atoms with Crippen molar-refractivity contribution in [3.8, 4) is 11.5 Å². The fraction of sp³-hybridized carbons (Fsp3) is 0.533. The van der Waals surface area contributed by atoms with Gasteiger partial charge in [-0.05, 0) is 24.1 Å². The van der Waals surface area contributed by atoms with Crippen molar-refractivity contribution in [3.05, 3.63) is 24.3 Å². The fourth-order valence-electron chi connectivity index (χ4n) is 1.74. The number of benzene rings is 1. The molecule has 6 heteroatoms. The molecule has 0 unspecified atom stereocenters. The lowest BCUT2D eigenvalue weighted by molar-refractivity contribution is -0.133. The van der Waals surface area contributed by atoms with Crippen LogP contribution in [0.3, 0.4) is 0 Å². The van der Waals surface area contributed by atoms with E-state index in [9.17, 15) is 4.79 Å². The Balaban J connectivity index is 0.00000400. The van der Waals surface area contributed by atoms with Crippen LogP contribution in [0.1, 0.15) is 13.8 Å². The smallest absolute Gasteiger partial charge is 0.260 e. The molecular weight excluding hydrogens is 292 g/mol. The van der Waals surface area contributed by atoms with Crippen LogP contribution in [-0.4, -0.2) is 44.7 Å². The van der Waals surface area contributed by atoms with Gasteiger partial charge in [0.15, 0.2) is 6.61 Å². The molecule has 1 aromatic carbocycles. The SMILES string of the molecule is COc1cccc(OCC(=O)N(C)CC(C)(C)CN)c1.Cl. The normalized spacial score (nSPS) is 10.5. The molecule has 2 N–H and O–H groups in total. The number of hydrogen-bond acceptors (Lipinski definition) is 4. The second-order valence-corrected chi connectivity index (χ2v) is 5.59. The zero-order chi connectivity index (χ0) is 15.2. The number of hydrogen-bond donors (Lipinski definition) is 1. The van der Waals surface area contributed by atoms with E-state index in [2.05, 4.69) is 0 Å². The van der Waals surface area contributed by atoms with Gasteiger partial charge in [-0.3, -0.25) is 4.79 Å². The summed E-state index contributed by atoms with van der Waals surface area (Å²) in [7, 11) is 3.35. The number of carbonyl (C=O) groups is 1. The third-order valence-corrected chi connectivity index (χ3v) is 3.05. The number of ether oxygens (including phenoxy) is 2. The van der Waals surface area contributed by atoms with E-state index in [1.807, 2.05) is 26.0 Å². The maximum absolute atomic E-state index is 12.0. The summed E-state index contributed by atoms with van der Waals surface area (Å²) in [6.45, 7) is 5.19. The van der Waals surface area contributed by atoms with Gasteiger partial charge >= 0.3 is 0 Å². The Morgan fingerprint density at radius 3 is 2.52 bits per heavy atom. The average Bonchev–Trinajstić information content (AvgIpc) is 2.44. The van der Waals surface area contributed by atoms with Gasteiger partial charge in [-0.1, -0.05) is 19.9 Å². The molecule has 5 nitrogen and oxygen atoms in total. The van der Waals surface area contributed by atoms with Crippen molar-refractivity contribution < 1.29 is 14.3 Å². The molecular formula is C15H25ClN2O3. The van der Waals surface area contributed by atoms with Crippen LogP contribution in [0.15, 0.2) is 24.3 Å². The van der Waals surface area contributed by atoms with E-state index in [0.29, 0.717) is 24.6 Å². The minimum atomic E-state index is -0.0968.